The van der Waals surface area contributed by atoms with Crippen LogP contribution in [0.1, 0.15) is 12.8 Å². The Bertz CT molecular complexity index is 176. The molecule has 0 amide bonds. The Kier molecular flexibility index (Phi) is 3.29. The molecule has 5 heteroatoms. The van der Waals surface area contributed by atoms with Gasteiger partial charge in [0.1, 0.15) is 0 Å². The van der Waals surface area contributed by atoms with Crippen LogP contribution in [0, 0.1) is 0 Å². The lowest BCUT2D eigenvalue weighted by molar-refractivity contribution is 0.125. The molecule has 0 atom stereocenters. The molecule has 0 spiro atoms. The van der Waals surface area contributed by atoms with Gasteiger partial charge >= 0.3 is 0 Å². The van der Waals surface area contributed by atoms with Crippen LogP contribution in [0.25, 0.3) is 0 Å². The van der Waals surface area contributed by atoms with Crippen molar-refractivity contribution in [1.82, 2.24) is 4.90 Å². The van der Waals surface area contributed by atoms with E-state index in [2.05, 4.69) is 9.08 Å². The predicted octanol–water partition coefficient (Wildman–Crippen LogP) is -0.376. The van der Waals surface area contributed by atoms with Gasteiger partial charge in [0.05, 0.1) is 6.10 Å². The predicted molar refractivity (Wildman–Crippen MR) is 41.9 cm³/mol. The Morgan fingerprint density at radius 3 is 2.36 bits per heavy atom. The first kappa shape index (κ1) is 8.96. The zero-order valence-corrected chi connectivity index (χ0v) is 7.42. The average molecular weight is 179 g/mol. The number of rotatable bonds is 2. The lowest BCUT2D eigenvalue weighted by Crippen LogP contribution is -2.33. The number of hydrogen-bond acceptors (Lipinski definition) is 4. The second-order valence-electron chi connectivity index (χ2n) is 2.83. The Morgan fingerprint density at radius 2 is 1.91 bits per heavy atom. The minimum atomic E-state index is -2.66. The van der Waals surface area contributed by atoms with Crippen LogP contribution in [0.2, 0.25) is 0 Å². The fourth-order valence-electron chi connectivity index (χ4n) is 1.21. The summed E-state index contributed by atoms with van der Waals surface area (Å²) in [6.45, 7) is 1.85. The van der Waals surface area contributed by atoms with Crippen molar-refractivity contribution in [2.24, 2.45) is 0 Å². The molecular weight excluding hydrogens is 166 g/mol. The maximum atomic E-state index is 10.2. The van der Waals surface area contributed by atoms with E-state index in [0.717, 1.165) is 25.9 Å². The fraction of sp³-hybridized carbons (Fsp3) is 1.00. The van der Waals surface area contributed by atoms with Crippen molar-refractivity contribution in [3.63, 3.8) is 0 Å². The highest BCUT2D eigenvalue weighted by Gasteiger charge is 2.17. The molecule has 0 bridgehead atoms. The first-order chi connectivity index (χ1) is 5.18. The lowest BCUT2D eigenvalue weighted by atomic mass is 10.1. The summed E-state index contributed by atoms with van der Waals surface area (Å²) >= 11 is 0. The summed E-state index contributed by atoms with van der Waals surface area (Å²) in [7, 11) is -0.635. The third-order valence-electron chi connectivity index (χ3n) is 1.90. The van der Waals surface area contributed by atoms with Crippen molar-refractivity contribution in [2.75, 3.05) is 20.1 Å². The molecule has 0 aliphatic carbocycles. The van der Waals surface area contributed by atoms with Gasteiger partial charge in [-0.2, -0.15) is 0 Å². The minimum Gasteiger partial charge on any atom is -0.306 e. The van der Waals surface area contributed by atoms with Crippen molar-refractivity contribution in [2.45, 2.75) is 18.9 Å². The van der Waals surface area contributed by atoms with Crippen molar-refractivity contribution in [3.05, 3.63) is 0 Å². The van der Waals surface area contributed by atoms with E-state index in [0.29, 0.717) is 0 Å². The zero-order chi connectivity index (χ0) is 8.27. The van der Waals surface area contributed by atoms with Gasteiger partial charge in [-0.25, -0.2) is 8.42 Å². The van der Waals surface area contributed by atoms with Gasteiger partial charge < -0.3 is 4.90 Å². The summed E-state index contributed by atoms with van der Waals surface area (Å²) in [6, 6.07) is 0. The minimum absolute atomic E-state index is 0.0766. The molecule has 66 valence electrons. The van der Waals surface area contributed by atoms with Gasteiger partial charge in [0.2, 0.25) is 0 Å². The van der Waals surface area contributed by atoms with Gasteiger partial charge in [-0.3, -0.25) is 4.18 Å². The quantitative estimate of drug-likeness (QED) is 0.587. The van der Waals surface area contributed by atoms with Gasteiger partial charge in [-0.1, -0.05) is 0 Å². The van der Waals surface area contributed by atoms with Crippen LogP contribution in [0.5, 0.6) is 0 Å². The number of nitrogens with zero attached hydrogens (tertiary/aromatic N) is 1. The smallest absolute Gasteiger partial charge is 0.257 e. The zero-order valence-electron chi connectivity index (χ0n) is 6.52. The Balaban J connectivity index is 2.28. The van der Waals surface area contributed by atoms with E-state index < -0.39 is 11.0 Å². The monoisotopic (exact) mass is 179 g/mol. The van der Waals surface area contributed by atoms with Crippen LogP contribution in [-0.2, 0) is 15.2 Å². The van der Waals surface area contributed by atoms with E-state index in [1.165, 1.54) is 0 Å². The van der Waals surface area contributed by atoms with Gasteiger partial charge in [0, 0.05) is 13.1 Å². The van der Waals surface area contributed by atoms with Crippen molar-refractivity contribution in [1.29, 1.82) is 0 Å². The Hall–Kier alpha value is -0.130. The Morgan fingerprint density at radius 1 is 1.36 bits per heavy atom. The fourth-order valence-corrected chi connectivity index (χ4v) is 1.67. The van der Waals surface area contributed by atoms with Gasteiger partial charge in [-0.05, 0) is 19.9 Å². The third-order valence-corrected chi connectivity index (χ3v) is 2.37. The van der Waals surface area contributed by atoms with Crippen LogP contribution in [0.3, 0.4) is 0 Å². The summed E-state index contributed by atoms with van der Waals surface area (Å²) in [5.41, 5.74) is 0. The number of piperidine rings is 1. The summed E-state index contributed by atoms with van der Waals surface area (Å²) in [4.78, 5) is 2.16. The van der Waals surface area contributed by atoms with Crippen LogP contribution >= 0.6 is 0 Å². The van der Waals surface area contributed by atoms with Crippen molar-refractivity contribution in [3.8, 4) is 0 Å². The van der Waals surface area contributed by atoms with Gasteiger partial charge in [0.25, 0.3) is 11.0 Å². The standard InChI is InChI=1S/C6H13NO3S/c1-7-4-2-6(3-5-7)10-11(8)9/h6,11H,2-5H2,1H3. The van der Waals surface area contributed by atoms with Crippen LogP contribution < -0.4 is 0 Å². The van der Waals surface area contributed by atoms with Crippen LogP contribution in [0.4, 0.5) is 0 Å². The summed E-state index contributed by atoms with van der Waals surface area (Å²) in [5.74, 6) is 0. The molecule has 0 radical (unpaired) electrons. The molecule has 0 aromatic rings. The molecule has 1 rings (SSSR count). The van der Waals surface area contributed by atoms with E-state index in [1.807, 2.05) is 7.05 Å². The maximum Gasteiger partial charge on any atom is 0.257 e. The molecule has 1 aliphatic heterocycles. The molecule has 1 fully saturated rings. The van der Waals surface area contributed by atoms with Crippen LogP contribution in [-0.4, -0.2) is 39.6 Å². The first-order valence-electron chi connectivity index (χ1n) is 3.68. The molecule has 0 aromatic carbocycles. The highest BCUT2D eigenvalue weighted by molar-refractivity contribution is 7.67. The van der Waals surface area contributed by atoms with Gasteiger partial charge in [0.15, 0.2) is 0 Å². The maximum absolute atomic E-state index is 10.2. The van der Waals surface area contributed by atoms with E-state index >= 15 is 0 Å². The first-order valence-corrected chi connectivity index (χ1v) is 4.78. The summed E-state index contributed by atoms with van der Waals surface area (Å²) < 4.78 is 25.0. The number of likely N-dealkylation sites (tertiary alicyclic amines) is 1. The molecule has 4 nitrogen and oxygen atoms in total. The highest BCUT2D eigenvalue weighted by atomic mass is 32.2. The van der Waals surface area contributed by atoms with E-state index in [-0.39, 0.29) is 6.10 Å². The van der Waals surface area contributed by atoms with Crippen LogP contribution in [0.15, 0.2) is 0 Å². The third kappa shape index (κ3) is 3.18. The Labute approximate surface area is 68.3 Å². The molecular formula is C6H13NO3S. The average Bonchev–Trinajstić information content (AvgIpc) is 1.93. The number of hydrogen-bond donors (Lipinski definition) is 1. The largest absolute Gasteiger partial charge is 0.306 e. The normalized spacial score (nSPS) is 22.7. The van der Waals surface area contributed by atoms with Crippen molar-refractivity contribution < 1.29 is 12.6 Å². The highest BCUT2D eigenvalue weighted by Crippen LogP contribution is 2.11. The molecule has 0 saturated carbocycles. The second-order valence-corrected chi connectivity index (χ2v) is 3.49. The van der Waals surface area contributed by atoms with Gasteiger partial charge in [-0.15, -0.1) is 0 Å². The topological polar surface area (TPSA) is 46.6 Å². The van der Waals surface area contributed by atoms with E-state index in [1.54, 1.807) is 0 Å². The number of thiol groups is 1. The van der Waals surface area contributed by atoms with E-state index in [4.69, 9.17) is 0 Å². The molecule has 0 N–H and O–H groups in total. The SMILES string of the molecule is CN1CCC(O[SH](=O)=O)CC1. The second kappa shape index (κ2) is 4.04. The summed E-state index contributed by atoms with van der Waals surface area (Å²) in [6.07, 6.45) is 1.56. The van der Waals surface area contributed by atoms with E-state index in [9.17, 15) is 8.42 Å². The molecule has 0 aromatic heterocycles. The molecule has 11 heavy (non-hydrogen) atoms. The summed E-state index contributed by atoms with van der Waals surface area (Å²) in [5, 5.41) is 0. The molecule has 1 heterocycles. The molecule has 1 aliphatic rings. The lowest BCUT2D eigenvalue weighted by Gasteiger charge is -2.26. The molecule has 0 unspecified atom stereocenters. The van der Waals surface area contributed by atoms with Crippen molar-refractivity contribution >= 4 is 11.0 Å². The molecule has 1 saturated heterocycles.